The van der Waals surface area contributed by atoms with E-state index in [1.807, 2.05) is 16.8 Å². The number of amides is 1. The van der Waals surface area contributed by atoms with Crippen molar-refractivity contribution in [1.29, 1.82) is 0 Å². The van der Waals surface area contributed by atoms with Crippen molar-refractivity contribution in [1.82, 2.24) is 24.7 Å². The predicted molar refractivity (Wildman–Crippen MR) is 116 cm³/mol. The van der Waals surface area contributed by atoms with E-state index in [9.17, 15) is 9.18 Å². The third-order valence-electron chi connectivity index (χ3n) is 5.20. The largest absolute Gasteiger partial charge is 0.493 e. The van der Waals surface area contributed by atoms with Crippen molar-refractivity contribution in [2.24, 2.45) is 0 Å². The zero-order chi connectivity index (χ0) is 21.9. The SMILES string of the molecule is O=C1Nc2cccc(n2)-c2nccn2CCCCOc2cc(F)c(-c3ccnnc3)cc21. The number of pyridine rings is 1. The van der Waals surface area contributed by atoms with Crippen LogP contribution in [0.2, 0.25) is 0 Å². The van der Waals surface area contributed by atoms with Gasteiger partial charge in [0.15, 0.2) is 5.82 Å². The standard InChI is InChI=1S/C23H19FN6O2/c24-18-13-20-17(12-16(18)15-6-7-26-27-14-15)23(31)29-21-5-3-4-19(28-21)22-25-8-10-30(22)9-1-2-11-32-20/h3-8,10,12-14H,1-2,9,11H2,(H,28,29,31). The Morgan fingerprint density at radius 3 is 2.88 bits per heavy atom. The summed E-state index contributed by atoms with van der Waals surface area (Å²) in [6.45, 7) is 1.09. The minimum absolute atomic E-state index is 0.183. The van der Waals surface area contributed by atoms with E-state index in [2.05, 4.69) is 25.5 Å². The summed E-state index contributed by atoms with van der Waals surface area (Å²) >= 11 is 0. The molecule has 1 N–H and O–H groups in total. The first-order valence-electron chi connectivity index (χ1n) is 10.2. The molecular weight excluding hydrogens is 411 g/mol. The van der Waals surface area contributed by atoms with Crippen LogP contribution in [0.5, 0.6) is 5.75 Å². The van der Waals surface area contributed by atoms with E-state index in [4.69, 9.17) is 4.74 Å². The number of imidazole rings is 1. The average Bonchev–Trinajstić information content (AvgIpc) is 3.28. The van der Waals surface area contributed by atoms with Gasteiger partial charge < -0.3 is 14.6 Å². The molecule has 32 heavy (non-hydrogen) atoms. The number of nitrogens with zero attached hydrogens (tertiary/aromatic N) is 5. The number of aromatic nitrogens is 5. The van der Waals surface area contributed by atoms with E-state index in [-0.39, 0.29) is 16.9 Å². The number of aryl methyl sites for hydroxylation is 1. The highest BCUT2D eigenvalue weighted by molar-refractivity contribution is 6.06. The molecule has 9 heteroatoms. The molecule has 1 aliphatic heterocycles. The van der Waals surface area contributed by atoms with E-state index < -0.39 is 11.7 Å². The Morgan fingerprint density at radius 1 is 1.06 bits per heavy atom. The van der Waals surface area contributed by atoms with Gasteiger partial charge >= 0.3 is 0 Å². The first-order valence-corrected chi connectivity index (χ1v) is 10.2. The van der Waals surface area contributed by atoms with Gasteiger partial charge in [-0.2, -0.15) is 10.2 Å². The van der Waals surface area contributed by atoms with Gasteiger partial charge in [-0.25, -0.2) is 14.4 Å². The van der Waals surface area contributed by atoms with Crippen LogP contribution in [0.25, 0.3) is 22.6 Å². The molecule has 0 fully saturated rings. The topological polar surface area (TPSA) is 94.8 Å². The molecule has 0 aliphatic carbocycles. The lowest BCUT2D eigenvalue weighted by Crippen LogP contribution is -2.16. The van der Waals surface area contributed by atoms with Crippen LogP contribution in [0.3, 0.4) is 0 Å². The van der Waals surface area contributed by atoms with Crippen LogP contribution in [0.15, 0.2) is 61.2 Å². The molecule has 0 unspecified atom stereocenters. The molecular formula is C23H19FN6O2. The van der Waals surface area contributed by atoms with Crippen LogP contribution in [0.1, 0.15) is 23.2 Å². The summed E-state index contributed by atoms with van der Waals surface area (Å²) in [7, 11) is 0. The highest BCUT2D eigenvalue weighted by atomic mass is 19.1. The van der Waals surface area contributed by atoms with Gasteiger partial charge in [0, 0.05) is 36.1 Å². The lowest BCUT2D eigenvalue weighted by molar-refractivity contribution is 0.102. The molecule has 4 heterocycles. The Balaban J connectivity index is 1.57. The van der Waals surface area contributed by atoms with Crippen LogP contribution in [-0.4, -0.2) is 37.2 Å². The molecule has 8 nitrogen and oxygen atoms in total. The zero-order valence-corrected chi connectivity index (χ0v) is 17.0. The van der Waals surface area contributed by atoms with Gasteiger partial charge in [-0.3, -0.25) is 4.79 Å². The molecule has 160 valence electrons. The van der Waals surface area contributed by atoms with Crippen LogP contribution < -0.4 is 10.1 Å². The molecule has 0 saturated heterocycles. The third kappa shape index (κ3) is 3.92. The van der Waals surface area contributed by atoms with Crippen molar-refractivity contribution >= 4 is 11.7 Å². The van der Waals surface area contributed by atoms with Gasteiger partial charge in [0.25, 0.3) is 5.91 Å². The van der Waals surface area contributed by atoms with Gasteiger partial charge in [0.05, 0.1) is 24.6 Å². The second kappa shape index (κ2) is 8.54. The monoisotopic (exact) mass is 430 g/mol. The minimum Gasteiger partial charge on any atom is -0.493 e. The summed E-state index contributed by atoms with van der Waals surface area (Å²) in [6.07, 6.45) is 8.09. The number of halogens is 1. The fourth-order valence-electron chi connectivity index (χ4n) is 3.62. The Morgan fingerprint density at radius 2 is 2.00 bits per heavy atom. The number of fused-ring (bicyclic) bond motifs is 5. The summed E-state index contributed by atoms with van der Waals surface area (Å²) in [5, 5.41) is 10.3. The smallest absolute Gasteiger partial charge is 0.260 e. The second-order valence-electron chi connectivity index (χ2n) is 7.32. The summed E-state index contributed by atoms with van der Waals surface area (Å²) in [5.74, 6) is 0.319. The molecule has 2 bridgehead atoms. The first kappa shape index (κ1) is 19.8. The van der Waals surface area contributed by atoms with Crippen LogP contribution >= 0.6 is 0 Å². The lowest BCUT2D eigenvalue weighted by atomic mass is 10.0. The van der Waals surface area contributed by atoms with Crippen LogP contribution in [-0.2, 0) is 6.54 Å². The number of ether oxygens (including phenoxy) is 1. The summed E-state index contributed by atoms with van der Waals surface area (Å²) in [5.41, 5.74) is 1.62. The van der Waals surface area contributed by atoms with Crippen molar-refractivity contribution in [2.75, 3.05) is 11.9 Å². The van der Waals surface area contributed by atoms with Crippen LogP contribution in [0.4, 0.5) is 10.2 Å². The predicted octanol–water partition coefficient (Wildman–Crippen LogP) is 3.97. The van der Waals surface area contributed by atoms with Gasteiger partial charge in [-0.1, -0.05) is 6.07 Å². The number of carbonyl (C=O) groups is 1. The van der Waals surface area contributed by atoms with E-state index >= 15 is 0 Å². The van der Waals surface area contributed by atoms with E-state index in [0.29, 0.717) is 23.7 Å². The van der Waals surface area contributed by atoms with Crippen molar-refractivity contribution in [3.63, 3.8) is 0 Å². The van der Waals surface area contributed by atoms with Crippen molar-refractivity contribution in [2.45, 2.75) is 19.4 Å². The molecule has 0 radical (unpaired) electrons. The molecule has 1 aliphatic rings. The maximum atomic E-state index is 14.9. The molecule has 1 amide bonds. The second-order valence-corrected chi connectivity index (χ2v) is 7.32. The van der Waals surface area contributed by atoms with Crippen molar-refractivity contribution < 1.29 is 13.9 Å². The number of benzene rings is 1. The summed E-state index contributed by atoms with van der Waals surface area (Å²) in [6, 6.07) is 9.69. The third-order valence-corrected chi connectivity index (χ3v) is 5.20. The van der Waals surface area contributed by atoms with Gasteiger partial charge in [0.2, 0.25) is 0 Å². The molecule has 0 atom stereocenters. The lowest BCUT2D eigenvalue weighted by Gasteiger charge is -2.16. The molecule has 3 aromatic heterocycles. The van der Waals surface area contributed by atoms with Crippen molar-refractivity contribution in [3.8, 4) is 28.4 Å². The number of rotatable bonds is 1. The molecule has 4 aromatic rings. The maximum Gasteiger partial charge on any atom is 0.260 e. The number of nitrogens with one attached hydrogen (secondary N) is 1. The highest BCUT2D eigenvalue weighted by Gasteiger charge is 2.20. The summed E-state index contributed by atoms with van der Waals surface area (Å²) in [4.78, 5) is 22.1. The normalized spacial score (nSPS) is 13.8. The minimum atomic E-state index is -0.506. The van der Waals surface area contributed by atoms with Crippen LogP contribution in [0, 0.1) is 5.82 Å². The van der Waals surface area contributed by atoms with E-state index in [1.54, 1.807) is 24.4 Å². The van der Waals surface area contributed by atoms with Gasteiger partial charge in [-0.05, 0) is 37.1 Å². The number of anilines is 1. The molecule has 0 spiro atoms. The van der Waals surface area contributed by atoms with E-state index in [0.717, 1.165) is 25.2 Å². The Labute approximate surface area is 183 Å². The van der Waals surface area contributed by atoms with Crippen molar-refractivity contribution in [3.05, 3.63) is 72.6 Å². The zero-order valence-electron chi connectivity index (χ0n) is 17.0. The summed E-state index contributed by atoms with van der Waals surface area (Å²) < 4.78 is 22.7. The Hall–Kier alpha value is -4.14. The molecule has 5 rings (SSSR count). The Kier molecular flexibility index (Phi) is 5.29. The average molecular weight is 430 g/mol. The fraction of sp³-hybridized carbons (Fsp3) is 0.174. The number of hydrogen-bond acceptors (Lipinski definition) is 6. The van der Waals surface area contributed by atoms with Gasteiger partial charge in [0.1, 0.15) is 23.1 Å². The number of hydrogen-bond donors (Lipinski definition) is 1. The quantitative estimate of drug-likeness (QED) is 0.491. The van der Waals surface area contributed by atoms with Gasteiger partial charge in [-0.15, -0.1) is 0 Å². The molecule has 0 saturated carbocycles. The Bertz CT molecular complexity index is 1270. The maximum absolute atomic E-state index is 14.9. The fourth-order valence-corrected chi connectivity index (χ4v) is 3.62. The molecule has 1 aromatic carbocycles. The first-order chi connectivity index (χ1) is 15.7. The highest BCUT2D eigenvalue weighted by Crippen LogP contribution is 2.31. The number of carbonyl (C=O) groups excluding carboxylic acids is 1. The van der Waals surface area contributed by atoms with E-state index in [1.165, 1.54) is 24.5 Å².